The maximum Gasteiger partial charge on any atom is 0.307 e. The quantitative estimate of drug-likeness (QED) is 0.445. The Labute approximate surface area is 110 Å². The Kier molecular flexibility index (Phi) is 11.0. The zero-order valence-electron chi connectivity index (χ0n) is 11.9. The van der Waals surface area contributed by atoms with E-state index in [1.165, 1.54) is 0 Å². The number of aliphatic hydroxyl groups excluding tert-OH is 1. The molecular formula is C13H27NO4. The molecule has 0 aromatic rings. The molecule has 0 aliphatic carbocycles. The topological polar surface area (TPSA) is 59.0 Å². The molecule has 0 saturated carbocycles. The molecule has 0 fully saturated rings. The van der Waals surface area contributed by atoms with Crippen LogP contribution in [0.3, 0.4) is 0 Å². The van der Waals surface area contributed by atoms with Crippen LogP contribution in [0, 0.1) is 0 Å². The molecule has 0 amide bonds. The monoisotopic (exact) mass is 261 g/mol. The predicted molar refractivity (Wildman–Crippen MR) is 70.5 cm³/mol. The van der Waals surface area contributed by atoms with E-state index in [1.54, 1.807) is 6.92 Å². The number of carbonyl (C=O) groups is 1. The summed E-state index contributed by atoms with van der Waals surface area (Å²) in [5.74, 6) is -0.196. The minimum Gasteiger partial charge on any atom is -0.466 e. The highest BCUT2D eigenvalue weighted by Gasteiger charge is 2.10. The minimum absolute atomic E-state index is 0.196. The van der Waals surface area contributed by atoms with Gasteiger partial charge in [-0.15, -0.1) is 0 Å². The second-order valence-corrected chi connectivity index (χ2v) is 4.40. The molecule has 18 heavy (non-hydrogen) atoms. The van der Waals surface area contributed by atoms with Gasteiger partial charge in [0, 0.05) is 19.7 Å². The first-order chi connectivity index (χ1) is 8.60. The van der Waals surface area contributed by atoms with Gasteiger partial charge >= 0.3 is 5.97 Å². The smallest absolute Gasteiger partial charge is 0.307 e. The number of ether oxygens (including phenoxy) is 2. The van der Waals surface area contributed by atoms with Crippen molar-refractivity contribution in [3.8, 4) is 0 Å². The van der Waals surface area contributed by atoms with Gasteiger partial charge in [-0.3, -0.25) is 4.79 Å². The van der Waals surface area contributed by atoms with Crippen molar-refractivity contribution in [3.63, 3.8) is 0 Å². The van der Waals surface area contributed by atoms with E-state index in [2.05, 4.69) is 6.92 Å². The van der Waals surface area contributed by atoms with Crippen LogP contribution < -0.4 is 0 Å². The fourth-order valence-corrected chi connectivity index (χ4v) is 1.48. The molecule has 5 heteroatoms. The van der Waals surface area contributed by atoms with Gasteiger partial charge < -0.3 is 19.5 Å². The van der Waals surface area contributed by atoms with Crippen LogP contribution in [0.4, 0.5) is 0 Å². The lowest BCUT2D eigenvalue weighted by Gasteiger charge is -2.20. The summed E-state index contributed by atoms with van der Waals surface area (Å²) in [7, 11) is 1.87. The number of aliphatic hydroxyl groups is 1. The SMILES string of the molecule is CCCCOCC(O)CN(C)CCC(=O)OCC. The summed E-state index contributed by atoms with van der Waals surface area (Å²) < 4.78 is 10.2. The van der Waals surface area contributed by atoms with Crippen molar-refractivity contribution in [2.24, 2.45) is 0 Å². The zero-order chi connectivity index (χ0) is 13.8. The zero-order valence-corrected chi connectivity index (χ0v) is 11.9. The van der Waals surface area contributed by atoms with Crippen LogP contribution in [-0.2, 0) is 14.3 Å². The van der Waals surface area contributed by atoms with Crippen molar-refractivity contribution in [1.29, 1.82) is 0 Å². The first-order valence-corrected chi connectivity index (χ1v) is 6.70. The normalized spacial score (nSPS) is 12.7. The Morgan fingerprint density at radius 3 is 2.72 bits per heavy atom. The molecule has 1 atom stereocenters. The lowest BCUT2D eigenvalue weighted by molar-refractivity contribution is -0.143. The van der Waals surface area contributed by atoms with Gasteiger partial charge in [0.1, 0.15) is 0 Å². The number of nitrogens with zero attached hydrogens (tertiary/aromatic N) is 1. The second kappa shape index (κ2) is 11.4. The molecule has 0 radical (unpaired) electrons. The van der Waals surface area contributed by atoms with Crippen LogP contribution in [0.25, 0.3) is 0 Å². The molecule has 1 N–H and O–H groups in total. The van der Waals surface area contributed by atoms with Crippen molar-refractivity contribution in [3.05, 3.63) is 0 Å². The number of rotatable bonds is 11. The Morgan fingerprint density at radius 1 is 1.39 bits per heavy atom. The summed E-state index contributed by atoms with van der Waals surface area (Å²) in [5, 5.41) is 9.70. The largest absolute Gasteiger partial charge is 0.466 e. The van der Waals surface area contributed by atoms with Crippen molar-refractivity contribution >= 4 is 5.97 Å². The maximum absolute atomic E-state index is 11.1. The van der Waals surface area contributed by atoms with Gasteiger partial charge in [-0.1, -0.05) is 13.3 Å². The summed E-state index contributed by atoms with van der Waals surface area (Å²) in [6, 6.07) is 0. The lowest BCUT2D eigenvalue weighted by atomic mass is 10.3. The number of likely N-dealkylation sites (N-methyl/N-ethyl adjacent to an activating group) is 1. The predicted octanol–water partition coefficient (Wildman–Crippen LogP) is 1.05. The van der Waals surface area contributed by atoms with Crippen LogP contribution in [0.1, 0.15) is 33.1 Å². The summed E-state index contributed by atoms with van der Waals surface area (Å²) in [6.07, 6.45) is 1.96. The molecular weight excluding hydrogens is 234 g/mol. The average molecular weight is 261 g/mol. The maximum atomic E-state index is 11.1. The van der Waals surface area contributed by atoms with Crippen LogP contribution in [0.5, 0.6) is 0 Å². The number of unbranched alkanes of at least 4 members (excludes halogenated alkanes) is 1. The van der Waals surface area contributed by atoms with E-state index in [4.69, 9.17) is 9.47 Å². The number of hydrogen-bond donors (Lipinski definition) is 1. The molecule has 0 aliphatic rings. The summed E-state index contributed by atoms with van der Waals surface area (Å²) in [6.45, 7) is 6.44. The molecule has 0 aromatic heterocycles. The average Bonchev–Trinajstić information content (AvgIpc) is 2.32. The fraction of sp³-hybridized carbons (Fsp3) is 0.923. The third-order valence-corrected chi connectivity index (χ3v) is 2.48. The Hall–Kier alpha value is -0.650. The third-order valence-electron chi connectivity index (χ3n) is 2.48. The third kappa shape index (κ3) is 10.5. The summed E-state index contributed by atoms with van der Waals surface area (Å²) in [5.41, 5.74) is 0. The number of carbonyl (C=O) groups excluding carboxylic acids is 1. The molecule has 1 unspecified atom stereocenters. The molecule has 0 heterocycles. The standard InChI is InChI=1S/C13H27NO4/c1-4-6-9-17-11-12(15)10-14(3)8-7-13(16)18-5-2/h12,15H,4-11H2,1-3H3. The van der Waals surface area contributed by atoms with Crippen LogP contribution in [0.15, 0.2) is 0 Å². The van der Waals surface area contributed by atoms with Gasteiger partial charge in [0.15, 0.2) is 0 Å². The lowest BCUT2D eigenvalue weighted by Crippen LogP contribution is -2.33. The van der Waals surface area contributed by atoms with Crippen LogP contribution in [-0.4, -0.2) is 62.0 Å². The highest BCUT2D eigenvalue weighted by Crippen LogP contribution is 1.96. The molecule has 0 saturated heterocycles. The van der Waals surface area contributed by atoms with Gasteiger partial charge in [0.25, 0.3) is 0 Å². The van der Waals surface area contributed by atoms with Gasteiger partial charge in [-0.25, -0.2) is 0 Å². The highest BCUT2D eigenvalue weighted by atomic mass is 16.5. The Balaban J connectivity index is 3.54. The van der Waals surface area contributed by atoms with Crippen molar-refractivity contribution in [2.75, 3.05) is 40.0 Å². The van der Waals surface area contributed by atoms with Gasteiger partial charge in [0.2, 0.25) is 0 Å². The Morgan fingerprint density at radius 2 is 2.11 bits per heavy atom. The van der Waals surface area contributed by atoms with E-state index in [0.717, 1.165) is 12.8 Å². The van der Waals surface area contributed by atoms with E-state index in [1.807, 2.05) is 11.9 Å². The van der Waals surface area contributed by atoms with Crippen molar-refractivity contribution < 1.29 is 19.4 Å². The highest BCUT2D eigenvalue weighted by molar-refractivity contribution is 5.69. The molecule has 108 valence electrons. The molecule has 0 aromatic carbocycles. The summed E-state index contributed by atoms with van der Waals surface area (Å²) in [4.78, 5) is 13.0. The van der Waals surface area contributed by atoms with Gasteiger partial charge in [-0.2, -0.15) is 0 Å². The second-order valence-electron chi connectivity index (χ2n) is 4.40. The van der Waals surface area contributed by atoms with Crippen LogP contribution in [0.2, 0.25) is 0 Å². The van der Waals surface area contributed by atoms with Gasteiger partial charge in [-0.05, 0) is 20.4 Å². The molecule has 0 spiro atoms. The van der Waals surface area contributed by atoms with E-state index in [-0.39, 0.29) is 5.97 Å². The first-order valence-electron chi connectivity index (χ1n) is 6.70. The molecule has 0 rings (SSSR count). The van der Waals surface area contributed by atoms with E-state index in [0.29, 0.717) is 39.3 Å². The van der Waals surface area contributed by atoms with Crippen molar-refractivity contribution in [2.45, 2.75) is 39.2 Å². The summed E-state index contributed by atoms with van der Waals surface area (Å²) >= 11 is 0. The number of esters is 1. The first kappa shape index (κ1) is 17.4. The molecule has 0 bridgehead atoms. The molecule has 5 nitrogen and oxygen atoms in total. The molecule has 0 aliphatic heterocycles. The van der Waals surface area contributed by atoms with E-state index < -0.39 is 6.10 Å². The van der Waals surface area contributed by atoms with Gasteiger partial charge in [0.05, 0.1) is 25.7 Å². The van der Waals surface area contributed by atoms with Crippen molar-refractivity contribution in [1.82, 2.24) is 4.90 Å². The van der Waals surface area contributed by atoms with Crippen LogP contribution >= 0.6 is 0 Å². The Bertz CT molecular complexity index is 211. The number of hydrogen-bond acceptors (Lipinski definition) is 5. The fourth-order valence-electron chi connectivity index (χ4n) is 1.48. The minimum atomic E-state index is -0.506. The van der Waals surface area contributed by atoms with E-state index >= 15 is 0 Å². The van der Waals surface area contributed by atoms with E-state index in [9.17, 15) is 9.90 Å².